The lowest BCUT2D eigenvalue weighted by atomic mass is 10.0. The number of aliphatic hydroxyl groups is 2. The van der Waals surface area contributed by atoms with Crippen molar-refractivity contribution in [3.8, 4) is 0 Å². The zero-order valence-electron chi connectivity index (χ0n) is 17.7. The van der Waals surface area contributed by atoms with Gasteiger partial charge in [-0.25, -0.2) is 4.79 Å². The number of carbonyl (C=O) groups excluding carboxylic acids is 1. The van der Waals surface area contributed by atoms with Gasteiger partial charge in [0.1, 0.15) is 6.10 Å². The first-order chi connectivity index (χ1) is 13.2. The molecule has 0 aromatic carbocycles. The molecular weight excluding hydrogens is 340 g/mol. The highest BCUT2D eigenvalue weighted by Gasteiger charge is 2.09. The maximum absolute atomic E-state index is 11.4. The summed E-state index contributed by atoms with van der Waals surface area (Å²) in [5.41, 5.74) is 0. The Balaban J connectivity index is 3.24. The molecule has 4 heteroatoms. The van der Waals surface area contributed by atoms with Gasteiger partial charge in [-0.2, -0.15) is 0 Å². The van der Waals surface area contributed by atoms with E-state index in [0.29, 0.717) is 0 Å². The molecule has 0 bridgehead atoms. The zero-order chi connectivity index (χ0) is 20.0. The van der Waals surface area contributed by atoms with E-state index in [4.69, 9.17) is 14.9 Å². The molecule has 0 aliphatic carbocycles. The van der Waals surface area contributed by atoms with Gasteiger partial charge in [-0.1, -0.05) is 103 Å². The van der Waals surface area contributed by atoms with Gasteiger partial charge < -0.3 is 14.9 Å². The summed E-state index contributed by atoms with van der Waals surface area (Å²) in [5.74, 6) is -0.496. The number of allylic oxidation sites excluding steroid dienone is 1. The van der Waals surface area contributed by atoms with E-state index in [-0.39, 0.29) is 13.2 Å². The van der Waals surface area contributed by atoms with E-state index in [1.165, 1.54) is 96.0 Å². The van der Waals surface area contributed by atoms with Crippen LogP contribution in [-0.2, 0) is 9.53 Å². The van der Waals surface area contributed by atoms with E-state index < -0.39 is 12.1 Å². The van der Waals surface area contributed by atoms with E-state index in [9.17, 15) is 4.79 Å². The predicted octanol–water partition coefficient (Wildman–Crippen LogP) is 5.70. The Kier molecular flexibility index (Phi) is 20.7. The molecule has 0 rings (SSSR count). The minimum atomic E-state index is -0.812. The number of ether oxygens (including phenoxy) is 1. The predicted molar refractivity (Wildman–Crippen MR) is 113 cm³/mol. The molecule has 4 nitrogen and oxygen atoms in total. The van der Waals surface area contributed by atoms with Crippen LogP contribution in [0.25, 0.3) is 0 Å². The van der Waals surface area contributed by atoms with Crippen molar-refractivity contribution >= 4 is 5.97 Å². The molecule has 0 aliphatic heterocycles. The van der Waals surface area contributed by atoms with Crippen LogP contribution >= 0.6 is 0 Å². The second-order valence-electron chi connectivity index (χ2n) is 7.56. The molecule has 0 radical (unpaired) electrons. The number of aliphatic hydroxyl groups excluding tert-OH is 2. The first-order valence-corrected chi connectivity index (χ1v) is 11.3. The standard InChI is InChI=1S/C23H44O4/c1-2-3-4-5-6-7-8-9-10-11-12-13-14-15-16-17-18-19-23(26)27-22(20-24)21-25/h18-19,22,24-25H,2-17,20-21H2,1H3. The zero-order valence-corrected chi connectivity index (χ0v) is 17.7. The maximum Gasteiger partial charge on any atom is 0.330 e. The third-order valence-corrected chi connectivity index (χ3v) is 4.92. The molecule has 0 aromatic heterocycles. The fourth-order valence-corrected chi connectivity index (χ4v) is 3.15. The maximum atomic E-state index is 11.4. The van der Waals surface area contributed by atoms with Crippen molar-refractivity contribution in [2.75, 3.05) is 13.2 Å². The summed E-state index contributed by atoms with van der Waals surface area (Å²) in [5, 5.41) is 17.7. The molecule has 2 N–H and O–H groups in total. The molecule has 0 unspecified atom stereocenters. The molecule has 0 saturated heterocycles. The topological polar surface area (TPSA) is 66.8 Å². The van der Waals surface area contributed by atoms with Crippen LogP contribution in [0.4, 0.5) is 0 Å². The Labute approximate surface area is 167 Å². The van der Waals surface area contributed by atoms with Crippen LogP contribution in [0.15, 0.2) is 12.2 Å². The van der Waals surface area contributed by atoms with Gasteiger partial charge in [0.2, 0.25) is 0 Å². The fraction of sp³-hybridized carbons (Fsp3) is 0.870. The van der Waals surface area contributed by atoms with Crippen molar-refractivity contribution in [1.82, 2.24) is 0 Å². The van der Waals surface area contributed by atoms with Crippen LogP contribution in [0.2, 0.25) is 0 Å². The normalized spacial score (nSPS) is 11.6. The highest BCUT2D eigenvalue weighted by atomic mass is 16.6. The van der Waals surface area contributed by atoms with Crippen LogP contribution in [0.1, 0.15) is 110 Å². The lowest BCUT2D eigenvalue weighted by Gasteiger charge is -2.10. The van der Waals surface area contributed by atoms with Crippen molar-refractivity contribution in [2.24, 2.45) is 0 Å². The second kappa shape index (κ2) is 21.4. The number of carbonyl (C=O) groups is 1. The van der Waals surface area contributed by atoms with Gasteiger partial charge in [0.05, 0.1) is 13.2 Å². The lowest BCUT2D eigenvalue weighted by molar-refractivity contribution is -0.147. The van der Waals surface area contributed by atoms with E-state index in [1.807, 2.05) is 6.08 Å². The van der Waals surface area contributed by atoms with Gasteiger partial charge >= 0.3 is 5.97 Å². The molecule has 27 heavy (non-hydrogen) atoms. The average Bonchev–Trinajstić information content (AvgIpc) is 2.68. The van der Waals surface area contributed by atoms with Crippen molar-refractivity contribution in [2.45, 2.75) is 116 Å². The fourth-order valence-electron chi connectivity index (χ4n) is 3.15. The van der Waals surface area contributed by atoms with Crippen molar-refractivity contribution < 1.29 is 19.7 Å². The number of hydrogen-bond acceptors (Lipinski definition) is 4. The molecule has 0 aromatic rings. The minimum Gasteiger partial charge on any atom is -0.454 e. The first kappa shape index (κ1) is 26.1. The SMILES string of the molecule is CCCCCCCCCCCCCCCCCC=CC(=O)OC(CO)CO. The van der Waals surface area contributed by atoms with Crippen molar-refractivity contribution in [1.29, 1.82) is 0 Å². The van der Waals surface area contributed by atoms with Crippen LogP contribution in [0.3, 0.4) is 0 Å². The van der Waals surface area contributed by atoms with Crippen LogP contribution in [0, 0.1) is 0 Å². The average molecular weight is 385 g/mol. The van der Waals surface area contributed by atoms with Gasteiger partial charge in [0.25, 0.3) is 0 Å². The van der Waals surface area contributed by atoms with Crippen LogP contribution < -0.4 is 0 Å². The summed E-state index contributed by atoms with van der Waals surface area (Å²) in [6, 6.07) is 0. The molecule has 0 amide bonds. The Hall–Kier alpha value is -0.870. The molecule has 0 aliphatic rings. The quantitative estimate of drug-likeness (QED) is 0.160. The summed E-state index contributed by atoms with van der Waals surface area (Å²) in [4.78, 5) is 11.4. The summed E-state index contributed by atoms with van der Waals surface area (Å²) >= 11 is 0. The molecule has 0 spiro atoms. The van der Waals surface area contributed by atoms with E-state index in [1.54, 1.807) is 0 Å². The minimum absolute atomic E-state index is 0.352. The molecule has 0 heterocycles. The highest BCUT2D eigenvalue weighted by molar-refractivity contribution is 5.82. The molecule has 0 atom stereocenters. The molecular formula is C23H44O4. The summed E-state index contributed by atoms with van der Waals surface area (Å²) in [6.45, 7) is 1.57. The van der Waals surface area contributed by atoms with E-state index >= 15 is 0 Å². The van der Waals surface area contributed by atoms with Crippen LogP contribution in [0.5, 0.6) is 0 Å². The third kappa shape index (κ3) is 19.7. The van der Waals surface area contributed by atoms with E-state index in [0.717, 1.165) is 12.8 Å². The number of esters is 1. The lowest BCUT2D eigenvalue weighted by Crippen LogP contribution is -2.24. The summed E-state index contributed by atoms with van der Waals surface area (Å²) < 4.78 is 4.85. The number of hydrogen-bond donors (Lipinski definition) is 2. The van der Waals surface area contributed by atoms with E-state index in [2.05, 4.69) is 6.92 Å². The first-order valence-electron chi connectivity index (χ1n) is 11.3. The number of unbranched alkanes of at least 4 members (excludes halogenated alkanes) is 15. The van der Waals surface area contributed by atoms with Crippen LogP contribution in [-0.4, -0.2) is 35.5 Å². The second-order valence-corrected chi connectivity index (χ2v) is 7.56. The molecule has 0 saturated carbocycles. The van der Waals surface area contributed by atoms with Gasteiger partial charge in [-0.3, -0.25) is 0 Å². The molecule has 0 fully saturated rings. The summed E-state index contributed by atoms with van der Waals surface area (Å²) in [6.07, 6.45) is 23.5. The number of rotatable bonds is 20. The molecule has 160 valence electrons. The monoisotopic (exact) mass is 384 g/mol. The Morgan fingerprint density at radius 1 is 0.741 bits per heavy atom. The highest BCUT2D eigenvalue weighted by Crippen LogP contribution is 2.13. The van der Waals surface area contributed by atoms with Gasteiger partial charge in [-0.05, 0) is 12.8 Å². The summed E-state index contributed by atoms with van der Waals surface area (Å²) in [7, 11) is 0. The third-order valence-electron chi connectivity index (χ3n) is 4.92. The van der Waals surface area contributed by atoms with Gasteiger partial charge in [-0.15, -0.1) is 0 Å². The van der Waals surface area contributed by atoms with Gasteiger partial charge in [0.15, 0.2) is 0 Å². The van der Waals surface area contributed by atoms with Gasteiger partial charge in [0, 0.05) is 6.08 Å². The Morgan fingerprint density at radius 2 is 1.15 bits per heavy atom. The Morgan fingerprint density at radius 3 is 1.56 bits per heavy atom. The smallest absolute Gasteiger partial charge is 0.330 e. The largest absolute Gasteiger partial charge is 0.454 e. The van der Waals surface area contributed by atoms with Crippen molar-refractivity contribution in [3.63, 3.8) is 0 Å². The van der Waals surface area contributed by atoms with Crippen molar-refractivity contribution in [3.05, 3.63) is 12.2 Å². The Bertz CT molecular complexity index is 337.